The molecule has 0 atom stereocenters. The van der Waals surface area contributed by atoms with Crippen LogP contribution in [0.4, 0.5) is 0 Å². The van der Waals surface area contributed by atoms with Crippen molar-refractivity contribution in [2.24, 2.45) is 5.41 Å². The number of piperidine rings is 1. The Morgan fingerprint density at radius 1 is 1.22 bits per heavy atom. The third-order valence-corrected chi connectivity index (χ3v) is 5.08. The number of likely N-dealkylation sites (tertiary alicyclic amines) is 1. The summed E-state index contributed by atoms with van der Waals surface area (Å²) in [5.74, 6) is 0. The van der Waals surface area contributed by atoms with E-state index in [1.54, 1.807) is 0 Å². The Bertz CT molecular complexity index is 267. The summed E-state index contributed by atoms with van der Waals surface area (Å²) in [6.07, 6.45) is 8.19. The third kappa shape index (κ3) is 3.83. The second kappa shape index (κ2) is 6.21. The molecule has 0 radical (unpaired) electrons. The van der Waals surface area contributed by atoms with Crippen LogP contribution in [0.25, 0.3) is 0 Å². The van der Waals surface area contributed by atoms with E-state index in [-0.39, 0.29) is 0 Å². The maximum absolute atomic E-state index is 4.22. The van der Waals surface area contributed by atoms with Gasteiger partial charge in [-0.1, -0.05) is 33.3 Å². The second-order valence-electron chi connectivity index (χ2n) is 6.39. The van der Waals surface area contributed by atoms with Crippen molar-refractivity contribution in [3.63, 3.8) is 0 Å². The second-order valence-corrected chi connectivity index (χ2v) is 6.39. The molecule has 1 heterocycles. The first-order valence-electron chi connectivity index (χ1n) is 7.80. The van der Waals surface area contributed by atoms with Crippen molar-refractivity contribution in [1.82, 2.24) is 10.2 Å². The molecule has 2 aliphatic rings. The maximum Gasteiger partial charge on any atom is 0.0202 e. The zero-order valence-corrected chi connectivity index (χ0v) is 12.3. The summed E-state index contributed by atoms with van der Waals surface area (Å²) in [7, 11) is 0. The van der Waals surface area contributed by atoms with Crippen LogP contribution in [-0.4, -0.2) is 37.1 Å². The van der Waals surface area contributed by atoms with E-state index in [0.717, 1.165) is 19.1 Å². The highest BCUT2D eigenvalue weighted by atomic mass is 15.1. The quantitative estimate of drug-likeness (QED) is 0.698. The zero-order valence-electron chi connectivity index (χ0n) is 12.3. The van der Waals surface area contributed by atoms with Crippen LogP contribution in [0.1, 0.15) is 52.4 Å². The van der Waals surface area contributed by atoms with Gasteiger partial charge in [0.05, 0.1) is 0 Å². The fraction of sp³-hybridized carbons (Fsp3) is 0.875. The summed E-state index contributed by atoms with van der Waals surface area (Å²) >= 11 is 0. The van der Waals surface area contributed by atoms with Crippen LogP contribution >= 0.6 is 0 Å². The fourth-order valence-corrected chi connectivity index (χ4v) is 3.09. The summed E-state index contributed by atoms with van der Waals surface area (Å²) in [4.78, 5) is 2.60. The van der Waals surface area contributed by atoms with Gasteiger partial charge in [0.1, 0.15) is 0 Å². The van der Waals surface area contributed by atoms with Gasteiger partial charge in [0, 0.05) is 19.1 Å². The van der Waals surface area contributed by atoms with E-state index < -0.39 is 0 Å². The summed E-state index contributed by atoms with van der Waals surface area (Å²) in [6, 6.07) is 0.802. The molecule has 18 heavy (non-hydrogen) atoms. The van der Waals surface area contributed by atoms with Gasteiger partial charge in [-0.2, -0.15) is 0 Å². The predicted molar refractivity (Wildman–Crippen MR) is 78.9 cm³/mol. The van der Waals surface area contributed by atoms with Crippen LogP contribution in [0.3, 0.4) is 0 Å². The highest BCUT2D eigenvalue weighted by Gasteiger charge is 2.31. The van der Waals surface area contributed by atoms with Gasteiger partial charge in [-0.25, -0.2) is 0 Å². The van der Waals surface area contributed by atoms with Crippen molar-refractivity contribution in [2.75, 3.05) is 26.2 Å². The SMILES string of the molecule is C=C(CNC1CC1)CN1CCC(CC)(CC)CC1. The molecule has 1 saturated heterocycles. The number of hydrogen-bond donors (Lipinski definition) is 1. The van der Waals surface area contributed by atoms with Crippen molar-refractivity contribution in [2.45, 2.75) is 58.4 Å². The Kier molecular flexibility index (Phi) is 4.85. The van der Waals surface area contributed by atoms with Gasteiger partial charge in [-0.05, 0) is 49.8 Å². The Morgan fingerprint density at radius 3 is 2.33 bits per heavy atom. The minimum atomic E-state index is 0.643. The molecule has 2 fully saturated rings. The molecule has 0 aromatic carbocycles. The molecule has 0 amide bonds. The molecule has 0 aromatic heterocycles. The van der Waals surface area contributed by atoms with E-state index in [9.17, 15) is 0 Å². The number of rotatable bonds is 7. The first kappa shape index (κ1) is 14.1. The molecule has 0 spiro atoms. The van der Waals surface area contributed by atoms with Gasteiger partial charge in [0.25, 0.3) is 0 Å². The molecule has 2 heteroatoms. The molecule has 0 aromatic rings. The summed E-state index contributed by atoms with van der Waals surface area (Å²) in [5, 5.41) is 3.56. The maximum atomic E-state index is 4.22. The molecule has 1 N–H and O–H groups in total. The lowest BCUT2D eigenvalue weighted by molar-refractivity contribution is 0.101. The number of nitrogens with zero attached hydrogens (tertiary/aromatic N) is 1. The third-order valence-electron chi connectivity index (χ3n) is 5.08. The molecule has 0 bridgehead atoms. The molecule has 0 unspecified atom stereocenters. The van der Waals surface area contributed by atoms with E-state index in [0.29, 0.717) is 5.41 Å². The number of nitrogens with one attached hydrogen (secondary N) is 1. The first-order valence-corrected chi connectivity index (χ1v) is 7.80. The van der Waals surface area contributed by atoms with Crippen molar-refractivity contribution < 1.29 is 0 Å². The Labute approximate surface area is 113 Å². The predicted octanol–water partition coefficient (Wildman–Crippen LogP) is 3.20. The lowest BCUT2D eigenvalue weighted by atomic mass is 9.74. The normalized spacial score (nSPS) is 24.1. The van der Waals surface area contributed by atoms with Crippen molar-refractivity contribution >= 4 is 0 Å². The number of hydrogen-bond acceptors (Lipinski definition) is 2. The fourth-order valence-electron chi connectivity index (χ4n) is 3.09. The summed E-state index contributed by atoms with van der Waals surface area (Å²) in [5.41, 5.74) is 2.01. The van der Waals surface area contributed by atoms with Crippen LogP contribution < -0.4 is 5.32 Å². The van der Waals surface area contributed by atoms with Crippen LogP contribution in [0, 0.1) is 5.41 Å². The van der Waals surface area contributed by atoms with Crippen molar-refractivity contribution in [3.8, 4) is 0 Å². The van der Waals surface area contributed by atoms with Crippen molar-refractivity contribution in [3.05, 3.63) is 12.2 Å². The smallest absolute Gasteiger partial charge is 0.0202 e. The zero-order chi connectivity index (χ0) is 13.0. The lowest BCUT2D eigenvalue weighted by Crippen LogP contribution is -2.41. The first-order chi connectivity index (χ1) is 8.67. The minimum Gasteiger partial charge on any atom is -0.310 e. The largest absolute Gasteiger partial charge is 0.310 e. The molecular formula is C16H30N2. The highest BCUT2D eigenvalue weighted by molar-refractivity contribution is 5.02. The van der Waals surface area contributed by atoms with Gasteiger partial charge in [0.2, 0.25) is 0 Å². The average molecular weight is 250 g/mol. The van der Waals surface area contributed by atoms with Crippen molar-refractivity contribution in [1.29, 1.82) is 0 Å². The highest BCUT2D eigenvalue weighted by Crippen LogP contribution is 2.37. The molecular weight excluding hydrogens is 220 g/mol. The van der Waals surface area contributed by atoms with Crippen LogP contribution in [0.15, 0.2) is 12.2 Å². The molecule has 104 valence electrons. The van der Waals surface area contributed by atoms with Gasteiger partial charge < -0.3 is 5.32 Å². The lowest BCUT2D eigenvalue weighted by Gasteiger charge is -2.41. The van der Waals surface area contributed by atoms with Gasteiger partial charge >= 0.3 is 0 Å². The Morgan fingerprint density at radius 2 is 1.83 bits per heavy atom. The van der Waals surface area contributed by atoms with E-state index in [2.05, 4.69) is 30.6 Å². The monoisotopic (exact) mass is 250 g/mol. The minimum absolute atomic E-state index is 0.643. The average Bonchev–Trinajstić information content (AvgIpc) is 3.22. The summed E-state index contributed by atoms with van der Waals surface area (Å²) in [6.45, 7) is 13.6. The molecule has 2 rings (SSSR count). The van der Waals surface area contributed by atoms with Gasteiger partial charge in [0.15, 0.2) is 0 Å². The molecule has 1 aliphatic heterocycles. The molecule has 1 saturated carbocycles. The van der Waals surface area contributed by atoms with E-state index in [4.69, 9.17) is 0 Å². The van der Waals surface area contributed by atoms with Gasteiger partial charge in [-0.15, -0.1) is 0 Å². The van der Waals surface area contributed by atoms with Crippen LogP contribution in [0.5, 0.6) is 0 Å². The summed E-state index contributed by atoms with van der Waals surface area (Å²) < 4.78 is 0. The van der Waals surface area contributed by atoms with Crippen LogP contribution in [-0.2, 0) is 0 Å². The molecule has 1 aliphatic carbocycles. The van der Waals surface area contributed by atoms with E-state index in [1.807, 2.05) is 0 Å². The standard InChI is InChI=1S/C16H30N2/c1-4-16(5-2)8-10-18(11-9-16)13-14(3)12-17-15-6-7-15/h15,17H,3-13H2,1-2H3. The van der Waals surface area contributed by atoms with Gasteiger partial charge in [-0.3, -0.25) is 4.90 Å². The Hall–Kier alpha value is -0.340. The van der Waals surface area contributed by atoms with E-state index in [1.165, 1.54) is 57.2 Å². The Balaban J connectivity index is 1.67. The van der Waals surface area contributed by atoms with Crippen LogP contribution in [0.2, 0.25) is 0 Å². The topological polar surface area (TPSA) is 15.3 Å². The van der Waals surface area contributed by atoms with E-state index >= 15 is 0 Å². The molecule has 2 nitrogen and oxygen atoms in total.